The lowest BCUT2D eigenvalue weighted by Crippen LogP contribution is -2.44. The van der Waals surface area contributed by atoms with Gasteiger partial charge in [-0.15, -0.1) is 0 Å². The Hall–Kier alpha value is -2.18. The zero-order valence-electron chi connectivity index (χ0n) is 15.4. The van der Waals surface area contributed by atoms with Gasteiger partial charge < -0.3 is 5.32 Å². The Labute approximate surface area is 160 Å². The number of carbonyl (C=O) groups excluding carboxylic acids is 1. The minimum absolute atomic E-state index is 0.0912. The molecule has 5 nitrogen and oxygen atoms in total. The van der Waals surface area contributed by atoms with Crippen molar-refractivity contribution in [2.24, 2.45) is 0 Å². The zero-order valence-corrected chi connectivity index (χ0v) is 16.3. The van der Waals surface area contributed by atoms with Crippen molar-refractivity contribution in [1.82, 2.24) is 4.31 Å². The van der Waals surface area contributed by atoms with Crippen LogP contribution in [-0.2, 0) is 21.2 Å². The van der Waals surface area contributed by atoms with Gasteiger partial charge in [-0.2, -0.15) is 4.31 Å². The summed E-state index contributed by atoms with van der Waals surface area (Å²) in [5.41, 5.74) is 5.67. The fourth-order valence-electron chi connectivity index (χ4n) is 4.16. The second-order valence-electron chi connectivity index (χ2n) is 7.28. The Balaban J connectivity index is 1.52. The van der Waals surface area contributed by atoms with Gasteiger partial charge in [0.15, 0.2) is 0 Å². The number of fused-ring (bicyclic) bond motifs is 3. The first-order valence-corrected chi connectivity index (χ1v) is 11.1. The van der Waals surface area contributed by atoms with Gasteiger partial charge in [-0.1, -0.05) is 37.3 Å². The van der Waals surface area contributed by atoms with E-state index in [1.165, 1.54) is 26.6 Å². The minimum Gasteiger partial charge on any atom is -0.325 e. The molecule has 2 aromatic carbocycles. The van der Waals surface area contributed by atoms with Gasteiger partial charge in [0.2, 0.25) is 15.9 Å². The van der Waals surface area contributed by atoms with Crippen LogP contribution in [0.25, 0.3) is 11.1 Å². The first-order chi connectivity index (χ1) is 13.0. The highest BCUT2D eigenvalue weighted by Gasteiger charge is 2.38. The lowest BCUT2D eigenvalue weighted by molar-refractivity contribution is -0.119. The molecule has 4 rings (SSSR count). The standard InChI is InChI=1S/C21H24N2O3S/c1-2-12-27(25,26)23-11-5-8-20(23)21(24)22-17-9-10-19-16(14-17)13-15-6-3-4-7-18(15)19/h3-4,6-7,9-10,14,20H,2,5,8,11-13H2,1H3,(H,22,24)/t20-/m1/s1. The lowest BCUT2D eigenvalue weighted by Gasteiger charge is -2.23. The van der Waals surface area contributed by atoms with Crippen molar-refractivity contribution in [1.29, 1.82) is 0 Å². The number of rotatable bonds is 5. The van der Waals surface area contributed by atoms with Crippen LogP contribution in [0.4, 0.5) is 5.69 Å². The van der Waals surface area contributed by atoms with Crippen molar-refractivity contribution in [2.45, 2.75) is 38.6 Å². The second kappa shape index (κ2) is 7.09. The molecule has 2 aliphatic rings. The van der Waals surface area contributed by atoms with Gasteiger partial charge in [0.05, 0.1) is 5.75 Å². The van der Waals surface area contributed by atoms with Gasteiger partial charge in [-0.25, -0.2) is 8.42 Å². The molecule has 0 radical (unpaired) electrons. The van der Waals surface area contributed by atoms with Crippen LogP contribution in [0, 0.1) is 0 Å². The molecule has 0 bridgehead atoms. The number of sulfonamides is 1. The molecule has 1 fully saturated rings. The Morgan fingerprint density at radius 3 is 2.74 bits per heavy atom. The Morgan fingerprint density at radius 1 is 1.15 bits per heavy atom. The minimum atomic E-state index is -3.37. The Bertz CT molecular complexity index is 985. The summed E-state index contributed by atoms with van der Waals surface area (Å²) in [6.45, 7) is 2.27. The smallest absolute Gasteiger partial charge is 0.242 e. The van der Waals surface area contributed by atoms with E-state index in [4.69, 9.17) is 0 Å². The topological polar surface area (TPSA) is 66.5 Å². The predicted octanol–water partition coefficient (Wildman–Crippen LogP) is 3.40. The van der Waals surface area contributed by atoms with Crippen molar-refractivity contribution in [3.05, 3.63) is 53.6 Å². The van der Waals surface area contributed by atoms with E-state index in [0.29, 0.717) is 19.4 Å². The fourth-order valence-corrected chi connectivity index (χ4v) is 5.91. The number of benzene rings is 2. The molecule has 0 aromatic heterocycles. The summed E-state index contributed by atoms with van der Waals surface area (Å²) in [5.74, 6) is -0.143. The first kappa shape index (κ1) is 18.2. The maximum Gasteiger partial charge on any atom is 0.242 e. The van der Waals surface area contributed by atoms with Crippen LogP contribution >= 0.6 is 0 Å². The summed E-state index contributed by atoms with van der Waals surface area (Å²) in [7, 11) is -3.37. The molecule has 2 aromatic rings. The van der Waals surface area contributed by atoms with Gasteiger partial charge in [0.25, 0.3) is 0 Å². The third-order valence-corrected chi connectivity index (χ3v) is 7.46. The van der Waals surface area contributed by atoms with E-state index in [0.717, 1.165) is 18.5 Å². The molecule has 0 saturated carbocycles. The highest BCUT2D eigenvalue weighted by Crippen LogP contribution is 2.37. The number of nitrogens with one attached hydrogen (secondary N) is 1. The Morgan fingerprint density at radius 2 is 1.93 bits per heavy atom. The first-order valence-electron chi connectivity index (χ1n) is 9.51. The number of hydrogen-bond acceptors (Lipinski definition) is 3. The summed E-state index contributed by atoms with van der Waals surface area (Å²) in [6, 6.07) is 13.7. The van der Waals surface area contributed by atoms with E-state index in [1.54, 1.807) is 0 Å². The van der Waals surface area contributed by atoms with E-state index in [2.05, 4.69) is 17.4 Å². The SMILES string of the molecule is CCCS(=O)(=O)N1CCC[C@@H]1C(=O)Nc1ccc2c(c1)Cc1ccccc1-2. The second-order valence-corrected chi connectivity index (χ2v) is 9.32. The van der Waals surface area contributed by atoms with E-state index in [1.807, 2.05) is 37.3 Å². The zero-order chi connectivity index (χ0) is 19.0. The predicted molar refractivity (Wildman–Crippen MR) is 107 cm³/mol. The van der Waals surface area contributed by atoms with Crippen molar-refractivity contribution < 1.29 is 13.2 Å². The Kier molecular flexibility index (Phi) is 4.78. The highest BCUT2D eigenvalue weighted by molar-refractivity contribution is 7.89. The van der Waals surface area contributed by atoms with Gasteiger partial charge in [-0.05, 0) is 60.1 Å². The molecule has 1 aliphatic heterocycles. The highest BCUT2D eigenvalue weighted by atomic mass is 32.2. The molecule has 1 saturated heterocycles. The molecule has 6 heteroatoms. The monoisotopic (exact) mass is 384 g/mol. The molecule has 1 heterocycles. The largest absolute Gasteiger partial charge is 0.325 e. The average molecular weight is 385 g/mol. The summed E-state index contributed by atoms with van der Waals surface area (Å²) in [5, 5.41) is 2.94. The quantitative estimate of drug-likeness (QED) is 0.733. The third-order valence-electron chi connectivity index (χ3n) is 5.39. The van der Waals surface area contributed by atoms with Crippen LogP contribution < -0.4 is 5.32 Å². The van der Waals surface area contributed by atoms with E-state index in [9.17, 15) is 13.2 Å². The van der Waals surface area contributed by atoms with E-state index in [-0.39, 0.29) is 11.7 Å². The molecule has 0 spiro atoms. The summed E-state index contributed by atoms with van der Waals surface area (Å²) in [4.78, 5) is 12.8. The van der Waals surface area contributed by atoms with Crippen molar-refractivity contribution in [2.75, 3.05) is 17.6 Å². The van der Waals surface area contributed by atoms with Crippen LogP contribution in [-0.4, -0.2) is 37.0 Å². The number of carbonyl (C=O) groups is 1. The molecule has 0 unspecified atom stereocenters. The number of nitrogens with zero attached hydrogens (tertiary/aromatic N) is 1. The van der Waals surface area contributed by atoms with Crippen LogP contribution in [0.15, 0.2) is 42.5 Å². The molecule has 1 amide bonds. The van der Waals surface area contributed by atoms with Crippen LogP contribution in [0.2, 0.25) is 0 Å². The summed E-state index contributed by atoms with van der Waals surface area (Å²) >= 11 is 0. The molecule has 1 atom stereocenters. The molecular weight excluding hydrogens is 360 g/mol. The molecule has 1 N–H and O–H groups in total. The molecule has 142 valence electrons. The van der Waals surface area contributed by atoms with Crippen LogP contribution in [0.5, 0.6) is 0 Å². The van der Waals surface area contributed by atoms with Crippen molar-refractivity contribution >= 4 is 21.6 Å². The van der Waals surface area contributed by atoms with Gasteiger partial charge in [0.1, 0.15) is 6.04 Å². The van der Waals surface area contributed by atoms with E-state index < -0.39 is 16.1 Å². The maximum absolute atomic E-state index is 12.8. The number of amides is 1. The van der Waals surface area contributed by atoms with Crippen LogP contribution in [0.1, 0.15) is 37.3 Å². The van der Waals surface area contributed by atoms with Gasteiger partial charge in [-0.3, -0.25) is 4.79 Å². The summed E-state index contributed by atoms with van der Waals surface area (Å²) in [6.07, 6.45) is 2.71. The van der Waals surface area contributed by atoms with Gasteiger partial charge >= 0.3 is 0 Å². The van der Waals surface area contributed by atoms with E-state index >= 15 is 0 Å². The average Bonchev–Trinajstić information content (AvgIpc) is 3.26. The maximum atomic E-state index is 12.8. The molecule has 1 aliphatic carbocycles. The normalized spacial score (nSPS) is 18.9. The lowest BCUT2D eigenvalue weighted by atomic mass is 10.1. The molecular formula is C21H24N2O3S. The third kappa shape index (κ3) is 3.39. The molecule has 27 heavy (non-hydrogen) atoms. The van der Waals surface area contributed by atoms with Gasteiger partial charge in [0, 0.05) is 12.2 Å². The summed E-state index contributed by atoms with van der Waals surface area (Å²) < 4.78 is 26.2. The van der Waals surface area contributed by atoms with Crippen molar-refractivity contribution in [3.63, 3.8) is 0 Å². The number of anilines is 1. The van der Waals surface area contributed by atoms with Crippen LogP contribution in [0.3, 0.4) is 0 Å². The van der Waals surface area contributed by atoms with Crippen molar-refractivity contribution in [3.8, 4) is 11.1 Å². The fraction of sp³-hybridized carbons (Fsp3) is 0.381. The number of hydrogen-bond donors (Lipinski definition) is 1.